The van der Waals surface area contributed by atoms with Gasteiger partial charge in [-0.25, -0.2) is 5.14 Å². The van der Waals surface area contributed by atoms with Crippen LogP contribution in [0, 0.1) is 5.92 Å². The van der Waals surface area contributed by atoms with Crippen LogP contribution >= 0.6 is 0 Å². The minimum atomic E-state index is -3.91. The van der Waals surface area contributed by atoms with E-state index in [-0.39, 0.29) is 5.92 Å². The molecule has 2 atom stereocenters. The van der Waals surface area contributed by atoms with Crippen molar-refractivity contribution in [2.24, 2.45) is 11.1 Å². The molecule has 0 saturated heterocycles. The maximum atomic E-state index is 10.9. The van der Waals surface area contributed by atoms with Crippen LogP contribution in [0.2, 0.25) is 0 Å². The Kier molecular flexibility index (Phi) is 4.71. The summed E-state index contributed by atoms with van der Waals surface area (Å²) in [5.74, 6) is -0.0814. The minimum absolute atomic E-state index is 0.0814. The van der Waals surface area contributed by atoms with Gasteiger partial charge in [0.2, 0.25) is 0 Å². The van der Waals surface area contributed by atoms with Crippen molar-refractivity contribution >= 4 is 10.3 Å². The van der Waals surface area contributed by atoms with Crippen molar-refractivity contribution in [2.45, 2.75) is 19.1 Å². The lowest BCUT2D eigenvalue weighted by Crippen LogP contribution is -2.29. The fraction of sp³-hybridized carbons (Fsp3) is 0.385. The number of nitrogens with two attached hydrogens (primary N) is 1. The molecule has 2 N–H and O–H groups in total. The van der Waals surface area contributed by atoms with Gasteiger partial charge in [0.15, 0.2) is 0 Å². The molecule has 2 rings (SSSR count). The van der Waals surface area contributed by atoms with Gasteiger partial charge in [-0.1, -0.05) is 42.5 Å². The topological polar surface area (TPSA) is 78.6 Å². The molecule has 0 unspecified atom stereocenters. The van der Waals surface area contributed by atoms with E-state index in [1.54, 1.807) is 0 Å². The molecule has 1 aliphatic rings. The Balaban J connectivity index is 1.80. The van der Waals surface area contributed by atoms with E-state index in [0.717, 1.165) is 5.56 Å². The average molecular weight is 283 g/mol. The predicted octanol–water partition coefficient (Wildman–Crippen LogP) is 1.37. The molecular weight excluding hydrogens is 266 g/mol. The van der Waals surface area contributed by atoms with E-state index in [0.29, 0.717) is 19.6 Å². The molecule has 0 amide bonds. The molecule has 1 aromatic rings. The third kappa shape index (κ3) is 4.76. The summed E-state index contributed by atoms with van der Waals surface area (Å²) >= 11 is 0. The maximum absolute atomic E-state index is 10.9. The highest BCUT2D eigenvalue weighted by atomic mass is 32.2. The number of hydrogen-bond acceptors (Lipinski definition) is 4. The molecule has 19 heavy (non-hydrogen) atoms. The van der Waals surface area contributed by atoms with Gasteiger partial charge in [0.05, 0.1) is 19.3 Å². The van der Waals surface area contributed by atoms with E-state index in [1.807, 2.05) is 42.5 Å². The fourth-order valence-corrected chi connectivity index (χ4v) is 2.58. The summed E-state index contributed by atoms with van der Waals surface area (Å²) in [4.78, 5) is 0. The van der Waals surface area contributed by atoms with Gasteiger partial charge in [0.1, 0.15) is 0 Å². The molecule has 0 saturated carbocycles. The standard InChI is InChI=1S/C13H17NO4S/c14-19(15,16)18-13-8-4-7-12(13)10-17-9-11-5-2-1-3-6-11/h1-7,12-13H,8-10H2,(H2,14,15,16)/t12-,13+/m0/s1. The number of benzene rings is 1. The summed E-state index contributed by atoms with van der Waals surface area (Å²) in [5.41, 5.74) is 1.08. The van der Waals surface area contributed by atoms with Gasteiger partial charge < -0.3 is 4.74 Å². The summed E-state index contributed by atoms with van der Waals surface area (Å²) in [7, 11) is -3.91. The van der Waals surface area contributed by atoms with E-state index < -0.39 is 16.4 Å². The van der Waals surface area contributed by atoms with E-state index in [1.165, 1.54) is 0 Å². The molecule has 0 fully saturated rings. The van der Waals surface area contributed by atoms with E-state index in [2.05, 4.69) is 0 Å². The second kappa shape index (κ2) is 6.29. The van der Waals surface area contributed by atoms with Gasteiger partial charge in [-0.15, -0.1) is 0 Å². The second-order valence-electron chi connectivity index (χ2n) is 4.46. The lowest BCUT2D eigenvalue weighted by molar-refractivity contribution is 0.0599. The van der Waals surface area contributed by atoms with Crippen molar-refractivity contribution in [3.05, 3.63) is 48.0 Å². The maximum Gasteiger partial charge on any atom is 0.333 e. The first-order valence-corrected chi connectivity index (χ1v) is 7.51. The van der Waals surface area contributed by atoms with Crippen LogP contribution in [0.3, 0.4) is 0 Å². The Morgan fingerprint density at radius 2 is 2.00 bits per heavy atom. The van der Waals surface area contributed by atoms with Crippen molar-refractivity contribution in [3.8, 4) is 0 Å². The molecule has 104 valence electrons. The lowest BCUT2D eigenvalue weighted by atomic mass is 10.1. The smallest absolute Gasteiger partial charge is 0.333 e. The zero-order chi connectivity index (χ0) is 13.7. The van der Waals surface area contributed by atoms with Gasteiger partial charge in [-0.05, 0) is 12.0 Å². The Hall–Kier alpha value is -1.21. The summed E-state index contributed by atoms with van der Waals surface area (Å²) < 4.78 is 32.2. The highest BCUT2D eigenvalue weighted by Crippen LogP contribution is 2.23. The summed E-state index contributed by atoms with van der Waals surface area (Å²) in [6.45, 7) is 0.902. The highest BCUT2D eigenvalue weighted by Gasteiger charge is 2.27. The zero-order valence-corrected chi connectivity index (χ0v) is 11.3. The van der Waals surface area contributed by atoms with Crippen LogP contribution in [0.25, 0.3) is 0 Å². The van der Waals surface area contributed by atoms with E-state index >= 15 is 0 Å². The van der Waals surface area contributed by atoms with Crippen molar-refractivity contribution in [1.29, 1.82) is 0 Å². The SMILES string of the molecule is NS(=O)(=O)O[C@@H]1CC=C[C@H]1COCc1ccccc1. The van der Waals surface area contributed by atoms with Crippen molar-refractivity contribution in [3.63, 3.8) is 0 Å². The molecule has 0 bridgehead atoms. The van der Waals surface area contributed by atoms with Crippen LogP contribution in [0.15, 0.2) is 42.5 Å². The third-order valence-electron chi connectivity index (χ3n) is 2.91. The number of hydrogen-bond donors (Lipinski definition) is 1. The fourth-order valence-electron chi connectivity index (χ4n) is 2.02. The van der Waals surface area contributed by atoms with Gasteiger partial charge >= 0.3 is 10.3 Å². The quantitative estimate of drug-likeness (QED) is 0.800. The van der Waals surface area contributed by atoms with Gasteiger partial charge in [0, 0.05) is 5.92 Å². The van der Waals surface area contributed by atoms with Crippen LogP contribution in [0.1, 0.15) is 12.0 Å². The molecule has 0 spiro atoms. The first kappa shape index (κ1) is 14.2. The van der Waals surface area contributed by atoms with E-state index in [9.17, 15) is 8.42 Å². The molecule has 1 aliphatic carbocycles. The van der Waals surface area contributed by atoms with Crippen LogP contribution in [-0.2, 0) is 25.8 Å². The van der Waals surface area contributed by atoms with Crippen molar-refractivity contribution in [2.75, 3.05) is 6.61 Å². The van der Waals surface area contributed by atoms with Crippen molar-refractivity contribution < 1.29 is 17.3 Å². The van der Waals surface area contributed by atoms with Crippen LogP contribution in [0.4, 0.5) is 0 Å². The molecule has 1 aromatic carbocycles. The predicted molar refractivity (Wildman–Crippen MR) is 71.3 cm³/mol. The second-order valence-corrected chi connectivity index (χ2v) is 5.63. The largest absolute Gasteiger partial charge is 0.376 e. The van der Waals surface area contributed by atoms with Gasteiger partial charge in [0.25, 0.3) is 0 Å². The third-order valence-corrected chi connectivity index (χ3v) is 3.42. The Morgan fingerprint density at radius 3 is 2.68 bits per heavy atom. The Morgan fingerprint density at radius 1 is 1.26 bits per heavy atom. The Bertz CT molecular complexity index is 527. The van der Waals surface area contributed by atoms with Crippen LogP contribution in [-0.4, -0.2) is 21.1 Å². The highest BCUT2D eigenvalue weighted by molar-refractivity contribution is 7.84. The average Bonchev–Trinajstić information content (AvgIpc) is 2.76. The molecule has 0 aromatic heterocycles. The van der Waals surface area contributed by atoms with Crippen LogP contribution in [0.5, 0.6) is 0 Å². The summed E-state index contributed by atoms with van der Waals surface area (Å²) in [5, 5.41) is 4.88. The monoisotopic (exact) mass is 283 g/mol. The number of ether oxygens (including phenoxy) is 1. The first-order valence-electron chi connectivity index (χ1n) is 6.04. The molecule has 5 nitrogen and oxygen atoms in total. The van der Waals surface area contributed by atoms with Crippen LogP contribution < -0.4 is 5.14 Å². The Labute approximate surface area is 113 Å². The lowest BCUT2D eigenvalue weighted by Gasteiger charge is -2.18. The van der Waals surface area contributed by atoms with Gasteiger partial charge in [-0.2, -0.15) is 8.42 Å². The molecule has 0 heterocycles. The molecular formula is C13H17NO4S. The van der Waals surface area contributed by atoms with Gasteiger partial charge in [-0.3, -0.25) is 4.18 Å². The normalized spacial score (nSPS) is 22.8. The molecule has 0 radical (unpaired) electrons. The molecule has 0 aliphatic heterocycles. The number of rotatable bonds is 6. The first-order chi connectivity index (χ1) is 9.04. The molecule has 6 heteroatoms. The summed E-state index contributed by atoms with van der Waals surface area (Å²) in [6, 6.07) is 9.78. The minimum Gasteiger partial charge on any atom is -0.376 e. The zero-order valence-electron chi connectivity index (χ0n) is 10.4. The van der Waals surface area contributed by atoms with Crippen molar-refractivity contribution in [1.82, 2.24) is 0 Å². The van der Waals surface area contributed by atoms with E-state index in [4.69, 9.17) is 14.1 Å². The summed E-state index contributed by atoms with van der Waals surface area (Å²) in [6.07, 6.45) is 3.87.